The van der Waals surface area contributed by atoms with Crippen LogP contribution in [0.25, 0.3) is 22.2 Å². The van der Waals surface area contributed by atoms with Crippen LogP contribution in [0.3, 0.4) is 0 Å². The molecule has 1 aromatic carbocycles. The minimum Gasteiger partial charge on any atom is -0.326 e. The lowest BCUT2D eigenvalue weighted by atomic mass is 9.94. The van der Waals surface area contributed by atoms with Crippen molar-refractivity contribution in [3.63, 3.8) is 0 Å². The molecular formula is C28H32F2N8. The maximum atomic E-state index is 15.0. The number of aryl methyl sites for hydroxylation is 1. The van der Waals surface area contributed by atoms with Gasteiger partial charge in [0.05, 0.1) is 11.7 Å². The molecule has 0 radical (unpaired) electrons. The number of aromatic nitrogens is 5. The van der Waals surface area contributed by atoms with Gasteiger partial charge in [0.2, 0.25) is 5.95 Å². The first kappa shape index (κ1) is 24.8. The number of benzene rings is 1. The van der Waals surface area contributed by atoms with Crippen molar-refractivity contribution >= 4 is 22.8 Å². The largest absolute Gasteiger partial charge is 0.326 e. The molecule has 4 aromatic rings. The Morgan fingerprint density at radius 1 is 1.05 bits per heavy atom. The van der Waals surface area contributed by atoms with E-state index in [0.717, 1.165) is 43.9 Å². The van der Waals surface area contributed by atoms with E-state index in [4.69, 9.17) is 0 Å². The number of halogens is 2. The maximum Gasteiger partial charge on any atom is 0.228 e. The summed E-state index contributed by atoms with van der Waals surface area (Å²) < 4.78 is 31.8. The van der Waals surface area contributed by atoms with Gasteiger partial charge in [-0.3, -0.25) is 4.90 Å². The molecule has 2 aliphatic heterocycles. The van der Waals surface area contributed by atoms with Crippen LogP contribution in [0.1, 0.15) is 44.1 Å². The van der Waals surface area contributed by atoms with Crippen molar-refractivity contribution in [2.24, 2.45) is 5.92 Å². The fraction of sp³-hybridized carbons (Fsp3) is 0.429. The van der Waals surface area contributed by atoms with Gasteiger partial charge in [0, 0.05) is 55.2 Å². The highest BCUT2D eigenvalue weighted by atomic mass is 19.1. The Hall–Kier alpha value is -3.50. The molecule has 38 heavy (non-hydrogen) atoms. The Kier molecular flexibility index (Phi) is 6.53. The number of imidazole rings is 1. The molecule has 198 valence electrons. The Bertz CT molecular complexity index is 1450. The Balaban J connectivity index is 1.20. The number of nitrogens with one attached hydrogen (secondary N) is 2. The Morgan fingerprint density at radius 3 is 2.63 bits per heavy atom. The normalized spacial score (nSPS) is 19.8. The average molecular weight is 519 g/mol. The minimum absolute atomic E-state index is 0.0838. The molecule has 0 saturated carbocycles. The zero-order valence-corrected chi connectivity index (χ0v) is 21.9. The zero-order chi connectivity index (χ0) is 26.4. The summed E-state index contributed by atoms with van der Waals surface area (Å²) in [5.41, 5.74) is 2.60. The summed E-state index contributed by atoms with van der Waals surface area (Å²) in [7, 11) is 0. The predicted molar refractivity (Wildman–Crippen MR) is 143 cm³/mol. The molecule has 5 heterocycles. The summed E-state index contributed by atoms with van der Waals surface area (Å²) in [5.74, 6) is 1.15. The van der Waals surface area contributed by atoms with Crippen LogP contribution in [0, 0.1) is 24.5 Å². The molecule has 0 spiro atoms. The average Bonchev–Trinajstić information content (AvgIpc) is 3.46. The summed E-state index contributed by atoms with van der Waals surface area (Å²) in [6.45, 7) is 9.94. The highest BCUT2D eigenvalue weighted by Gasteiger charge is 2.34. The second-order valence-electron chi connectivity index (χ2n) is 10.7. The fourth-order valence-corrected chi connectivity index (χ4v) is 5.94. The van der Waals surface area contributed by atoms with Gasteiger partial charge in [-0.25, -0.2) is 28.7 Å². The lowest BCUT2D eigenvalue weighted by Crippen LogP contribution is -2.40. The van der Waals surface area contributed by atoms with Gasteiger partial charge in [-0.15, -0.1) is 0 Å². The molecule has 8 nitrogen and oxygen atoms in total. The quantitative estimate of drug-likeness (QED) is 0.372. The standard InChI is InChI=1S/C28H32F2N8/c1-16(2)38-17(3)35-27-22(29)7-20(8-25(27)38)21-9-26(32-12-23(21)30)36-28-33-10-18(11-34-28)13-37-14-19-5-4-6-31-24(19)15-37/h7-12,16,19,24,31H,4-6,13-15H2,1-3H3,(H,32,33,34,36)/t19-,24+/m0/s1. The maximum absolute atomic E-state index is 15.0. The lowest BCUT2D eigenvalue weighted by Gasteiger charge is -2.24. The number of nitrogens with zero attached hydrogens (tertiary/aromatic N) is 6. The molecule has 3 aromatic heterocycles. The van der Waals surface area contributed by atoms with Gasteiger partial charge < -0.3 is 15.2 Å². The van der Waals surface area contributed by atoms with E-state index in [0.29, 0.717) is 34.7 Å². The third-order valence-corrected chi connectivity index (χ3v) is 7.63. The van der Waals surface area contributed by atoms with Crippen molar-refractivity contribution in [2.75, 3.05) is 25.0 Å². The number of hydrogen-bond donors (Lipinski definition) is 2. The van der Waals surface area contributed by atoms with Crippen molar-refractivity contribution in [2.45, 2.75) is 52.2 Å². The third-order valence-electron chi connectivity index (χ3n) is 7.63. The molecule has 0 unspecified atom stereocenters. The molecule has 0 amide bonds. The number of fused-ring (bicyclic) bond motifs is 2. The molecule has 10 heteroatoms. The SMILES string of the molecule is Cc1nc2c(F)cc(-c3cc(Nc4ncc(CN5C[C@@H]6CCCN[C@@H]6C5)cn4)ncc3F)cc2n1C(C)C. The van der Waals surface area contributed by atoms with Crippen molar-refractivity contribution in [1.82, 2.24) is 34.7 Å². The van der Waals surface area contributed by atoms with Crippen LogP contribution >= 0.6 is 0 Å². The van der Waals surface area contributed by atoms with Crippen LogP contribution in [0.4, 0.5) is 20.5 Å². The summed E-state index contributed by atoms with van der Waals surface area (Å²) in [4.78, 5) is 19.9. The molecule has 2 atom stereocenters. The monoisotopic (exact) mass is 518 g/mol. The predicted octanol–water partition coefficient (Wildman–Crippen LogP) is 4.98. The van der Waals surface area contributed by atoms with Crippen LogP contribution in [0.15, 0.2) is 36.8 Å². The Labute approximate surface area is 220 Å². The van der Waals surface area contributed by atoms with E-state index < -0.39 is 11.6 Å². The smallest absolute Gasteiger partial charge is 0.228 e. The number of rotatable bonds is 6. The van der Waals surface area contributed by atoms with Crippen LogP contribution in [-0.4, -0.2) is 55.1 Å². The summed E-state index contributed by atoms with van der Waals surface area (Å²) >= 11 is 0. The molecule has 0 bridgehead atoms. The number of pyridine rings is 1. The topological polar surface area (TPSA) is 83.8 Å². The van der Waals surface area contributed by atoms with Crippen molar-refractivity contribution < 1.29 is 8.78 Å². The molecule has 2 saturated heterocycles. The highest BCUT2D eigenvalue weighted by molar-refractivity contribution is 5.84. The first-order valence-corrected chi connectivity index (χ1v) is 13.2. The minimum atomic E-state index is -0.543. The van der Waals surface area contributed by atoms with Gasteiger partial charge in [0.25, 0.3) is 0 Å². The van der Waals surface area contributed by atoms with Crippen LogP contribution in [-0.2, 0) is 6.54 Å². The molecule has 2 fully saturated rings. The summed E-state index contributed by atoms with van der Waals surface area (Å²) in [6.07, 6.45) is 7.30. The number of hydrogen-bond acceptors (Lipinski definition) is 7. The van der Waals surface area contributed by atoms with Gasteiger partial charge in [-0.2, -0.15) is 0 Å². The lowest BCUT2D eigenvalue weighted by molar-refractivity contribution is 0.312. The van der Waals surface area contributed by atoms with Gasteiger partial charge in [-0.05, 0) is 69.8 Å². The van der Waals surface area contributed by atoms with Crippen molar-refractivity contribution in [3.8, 4) is 11.1 Å². The number of likely N-dealkylation sites (tertiary alicyclic amines) is 1. The second-order valence-corrected chi connectivity index (χ2v) is 10.7. The van der Waals surface area contributed by atoms with E-state index in [-0.39, 0.29) is 17.1 Å². The second kappa shape index (κ2) is 9.99. The first-order valence-electron chi connectivity index (χ1n) is 13.2. The first-order chi connectivity index (χ1) is 18.4. The fourth-order valence-electron chi connectivity index (χ4n) is 5.94. The van der Waals surface area contributed by atoms with Gasteiger partial charge in [0.1, 0.15) is 23.0 Å². The van der Waals surface area contributed by atoms with Crippen LogP contribution in [0.2, 0.25) is 0 Å². The Morgan fingerprint density at radius 2 is 1.87 bits per heavy atom. The van der Waals surface area contributed by atoms with E-state index in [9.17, 15) is 8.78 Å². The highest BCUT2D eigenvalue weighted by Crippen LogP contribution is 2.32. The third kappa shape index (κ3) is 4.74. The number of piperidine rings is 1. The summed E-state index contributed by atoms with van der Waals surface area (Å²) in [5, 5.41) is 6.69. The molecular weight excluding hydrogens is 486 g/mol. The van der Waals surface area contributed by atoms with E-state index in [2.05, 4.69) is 35.5 Å². The zero-order valence-electron chi connectivity index (χ0n) is 21.9. The molecule has 0 aliphatic carbocycles. The molecule has 6 rings (SSSR count). The van der Waals surface area contributed by atoms with Crippen LogP contribution < -0.4 is 10.6 Å². The van der Waals surface area contributed by atoms with E-state index in [1.165, 1.54) is 18.9 Å². The van der Waals surface area contributed by atoms with Crippen molar-refractivity contribution in [3.05, 3.63) is 59.8 Å². The summed E-state index contributed by atoms with van der Waals surface area (Å²) in [6, 6.07) is 5.32. The number of anilines is 2. The molecule has 2 N–H and O–H groups in total. The van der Waals surface area contributed by atoms with Gasteiger partial charge in [0.15, 0.2) is 5.82 Å². The van der Waals surface area contributed by atoms with E-state index in [1.807, 2.05) is 37.7 Å². The van der Waals surface area contributed by atoms with Gasteiger partial charge in [-0.1, -0.05) is 0 Å². The molecule has 2 aliphatic rings. The van der Waals surface area contributed by atoms with E-state index >= 15 is 0 Å². The van der Waals surface area contributed by atoms with E-state index in [1.54, 1.807) is 12.1 Å². The van der Waals surface area contributed by atoms with Gasteiger partial charge >= 0.3 is 0 Å². The van der Waals surface area contributed by atoms with Crippen molar-refractivity contribution in [1.29, 1.82) is 0 Å². The van der Waals surface area contributed by atoms with Crippen LogP contribution in [0.5, 0.6) is 0 Å².